The van der Waals surface area contributed by atoms with Crippen molar-refractivity contribution in [3.8, 4) is 0 Å². The van der Waals surface area contributed by atoms with E-state index in [1.165, 1.54) is 7.11 Å². The van der Waals surface area contributed by atoms with Gasteiger partial charge in [-0.2, -0.15) is 0 Å². The van der Waals surface area contributed by atoms with Crippen LogP contribution in [0.1, 0.15) is 20.3 Å². The SMILES string of the molecule is COC(=O)[C@H](CC(C)C)NC(=O)[C@@H](N)CN. The minimum atomic E-state index is -0.792. The summed E-state index contributed by atoms with van der Waals surface area (Å²) in [6.07, 6.45) is 0.510. The van der Waals surface area contributed by atoms with Gasteiger partial charge in [0.2, 0.25) is 5.91 Å². The van der Waals surface area contributed by atoms with Crippen LogP contribution in [0.15, 0.2) is 0 Å². The van der Waals surface area contributed by atoms with Gasteiger partial charge >= 0.3 is 5.97 Å². The maximum Gasteiger partial charge on any atom is 0.328 e. The number of carbonyl (C=O) groups is 2. The standard InChI is InChI=1S/C10H21N3O3/c1-6(2)4-8(10(15)16-3)13-9(14)7(12)5-11/h6-8H,4-5,11-12H2,1-3H3,(H,13,14)/t7-,8-/m0/s1. The van der Waals surface area contributed by atoms with Crippen LogP contribution in [0.3, 0.4) is 0 Å². The van der Waals surface area contributed by atoms with Crippen molar-refractivity contribution in [3.63, 3.8) is 0 Å². The minimum absolute atomic E-state index is 0.0431. The van der Waals surface area contributed by atoms with E-state index in [9.17, 15) is 9.59 Å². The van der Waals surface area contributed by atoms with Crippen molar-refractivity contribution in [3.05, 3.63) is 0 Å². The first-order valence-corrected chi connectivity index (χ1v) is 5.26. The van der Waals surface area contributed by atoms with E-state index in [1.807, 2.05) is 13.8 Å². The summed E-state index contributed by atoms with van der Waals surface area (Å²) in [5.74, 6) is -0.636. The molecule has 0 fully saturated rings. The van der Waals surface area contributed by atoms with Crippen molar-refractivity contribution in [2.24, 2.45) is 17.4 Å². The smallest absolute Gasteiger partial charge is 0.328 e. The number of hydrogen-bond donors (Lipinski definition) is 3. The molecule has 0 radical (unpaired) electrons. The van der Waals surface area contributed by atoms with Crippen LogP contribution < -0.4 is 16.8 Å². The first-order valence-electron chi connectivity index (χ1n) is 5.26. The molecule has 0 rings (SSSR count). The van der Waals surface area contributed by atoms with Gasteiger partial charge in [0, 0.05) is 6.54 Å². The van der Waals surface area contributed by atoms with Crippen molar-refractivity contribution in [1.82, 2.24) is 5.32 Å². The highest BCUT2D eigenvalue weighted by Gasteiger charge is 2.24. The molecule has 0 aliphatic heterocycles. The van der Waals surface area contributed by atoms with Crippen molar-refractivity contribution in [2.75, 3.05) is 13.7 Å². The molecule has 0 aromatic heterocycles. The fraction of sp³-hybridized carbons (Fsp3) is 0.800. The van der Waals surface area contributed by atoms with Crippen molar-refractivity contribution < 1.29 is 14.3 Å². The van der Waals surface area contributed by atoms with Crippen molar-refractivity contribution >= 4 is 11.9 Å². The molecule has 1 amide bonds. The molecule has 16 heavy (non-hydrogen) atoms. The van der Waals surface area contributed by atoms with Crippen LogP contribution >= 0.6 is 0 Å². The Kier molecular flexibility index (Phi) is 6.67. The molecule has 5 N–H and O–H groups in total. The molecule has 6 nitrogen and oxygen atoms in total. The largest absolute Gasteiger partial charge is 0.467 e. The minimum Gasteiger partial charge on any atom is -0.467 e. The summed E-state index contributed by atoms with van der Waals surface area (Å²) in [5, 5.41) is 2.53. The molecule has 2 atom stereocenters. The topological polar surface area (TPSA) is 107 Å². The maximum absolute atomic E-state index is 11.5. The van der Waals surface area contributed by atoms with Crippen molar-refractivity contribution in [1.29, 1.82) is 0 Å². The summed E-state index contributed by atoms with van der Waals surface area (Å²) < 4.78 is 4.60. The van der Waals surface area contributed by atoms with Crippen LogP contribution in [0.4, 0.5) is 0 Å². The Bertz CT molecular complexity index is 243. The van der Waals surface area contributed by atoms with E-state index in [0.717, 1.165) is 0 Å². The van der Waals surface area contributed by atoms with E-state index in [-0.39, 0.29) is 12.5 Å². The summed E-state index contributed by atoms with van der Waals surface area (Å²) in [5.41, 5.74) is 10.7. The summed E-state index contributed by atoms with van der Waals surface area (Å²) in [4.78, 5) is 22.8. The fourth-order valence-corrected chi connectivity index (χ4v) is 1.21. The lowest BCUT2D eigenvalue weighted by molar-refractivity contribution is -0.145. The predicted molar refractivity (Wildman–Crippen MR) is 60.4 cm³/mol. The zero-order valence-corrected chi connectivity index (χ0v) is 10.0. The molecule has 0 aliphatic carbocycles. The van der Waals surface area contributed by atoms with Crippen molar-refractivity contribution in [2.45, 2.75) is 32.4 Å². The van der Waals surface area contributed by atoms with Crippen LogP contribution in [0.25, 0.3) is 0 Å². The predicted octanol–water partition coefficient (Wildman–Crippen LogP) is -1.02. The summed E-state index contributed by atoms with van der Waals surface area (Å²) >= 11 is 0. The third-order valence-electron chi connectivity index (χ3n) is 2.10. The van der Waals surface area contributed by atoms with E-state index in [4.69, 9.17) is 11.5 Å². The summed E-state index contributed by atoms with van der Waals surface area (Å²) in [7, 11) is 1.28. The second-order valence-corrected chi connectivity index (χ2v) is 4.06. The van der Waals surface area contributed by atoms with Gasteiger partial charge in [0.05, 0.1) is 13.2 Å². The van der Waals surface area contributed by atoms with Gasteiger partial charge in [-0.1, -0.05) is 13.8 Å². The van der Waals surface area contributed by atoms with Gasteiger partial charge in [-0.3, -0.25) is 4.79 Å². The van der Waals surface area contributed by atoms with E-state index < -0.39 is 24.0 Å². The Hall–Kier alpha value is -1.14. The molecule has 6 heteroatoms. The van der Waals surface area contributed by atoms with Gasteiger partial charge in [0.1, 0.15) is 6.04 Å². The second kappa shape index (κ2) is 7.19. The Balaban J connectivity index is 4.42. The Morgan fingerprint density at radius 3 is 2.31 bits per heavy atom. The van der Waals surface area contributed by atoms with Crippen LogP contribution in [0, 0.1) is 5.92 Å². The fourth-order valence-electron chi connectivity index (χ4n) is 1.21. The highest BCUT2D eigenvalue weighted by Crippen LogP contribution is 2.06. The second-order valence-electron chi connectivity index (χ2n) is 4.06. The lowest BCUT2D eigenvalue weighted by Crippen LogP contribution is -2.51. The molecular weight excluding hydrogens is 210 g/mol. The third-order valence-corrected chi connectivity index (χ3v) is 2.10. The van der Waals surface area contributed by atoms with Gasteiger partial charge in [0.25, 0.3) is 0 Å². The van der Waals surface area contributed by atoms with Gasteiger partial charge in [-0.25, -0.2) is 4.79 Å². The lowest BCUT2D eigenvalue weighted by atomic mass is 10.0. The number of hydrogen-bond acceptors (Lipinski definition) is 5. The maximum atomic E-state index is 11.5. The highest BCUT2D eigenvalue weighted by molar-refractivity contribution is 5.87. The van der Waals surface area contributed by atoms with Gasteiger partial charge < -0.3 is 21.5 Å². The number of methoxy groups -OCH3 is 1. The number of nitrogens with one attached hydrogen (secondary N) is 1. The van der Waals surface area contributed by atoms with E-state index >= 15 is 0 Å². The van der Waals surface area contributed by atoms with E-state index in [0.29, 0.717) is 6.42 Å². The van der Waals surface area contributed by atoms with Gasteiger partial charge in [-0.15, -0.1) is 0 Å². The van der Waals surface area contributed by atoms with Crippen LogP contribution in [-0.2, 0) is 14.3 Å². The van der Waals surface area contributed by atoms with Crippen LogP contribution in [-0.4, -0.2) is 37.6 Å². The average Bonchev–Trinajstić information content (AvgIpc) is 2.25. The average molecular weight is 231 g/mol. The highest BCUT2D eigenvalue weighted by atomic mass is 16.5. The number of ether oxygens (including phenoxy) is 1. The Morgan fingerprint density at radius 2 is 1.94 bits per heavy atom. The quantitative estimate of drug-likeness (QED) is 0.507. The van der Waals surface area contributed by atoms with E-state index in [1.54, 1.807) is 0 Å². The number of nitrogens with two attached hydrogens (primary N) is 2. The Morgan fingerprint density at radius 1 is 1.38 bits per heavy atom. The molecule has 0 unspecified atom stereocenters. The van der Waals surface area contributed by atoms with Gasteiger partial charge in [0.15, 0.2) is 0 Å². The third kappa shape index (κ3) is 5.09. The number of rotatable bonds is 6. The molecule has 94 valence electrons. The van der Waals surface area contributed by atoms with Crippen LogP contribution in [0.2, 0.25) is 0 Å². The zero-order chi connectivity index (χ0) is 12.7. The molecule has 0 saturated carbocycles. The first kappa shape index (κ1) is 14.9. The molecular formula is C10H21N3O3. The molecule has 0 bridgehead atoms. The Labute approximate surface area is 95.7 Å². The molecule has 0 saturated heterocycles. The van der Waals surface area contributed by atoms with E-state index in [2.05, 4.69) is 10.1 Å². The van der Waals surface area contributed by atoms with Crippen LogP contribution in [0.5, 0.6) is 0 Å². The summed E-state index contributed by atoms with van der Waals surface area (Å²) in [6.45, 7) is 3.94. The molecule has 0 heterocycles. The monoisotopic (exact) mass is 231 g/mol. The van der Waals surface area contributed by atoms with Gasteiger partial charge in [-0.05, 0) is 12.3 Å². The number of esters is 1. The molecule has 0 spiro atoms. The first-order chi connectivity index (χ1) is 7.42. The normalized spacial score (nSPS) is 14.4. The number of carbonyl (C=O) groups excluding carboxylic acids is 2. The zero-order valence-electron chi connectivity index (χ0n) is 10.0. The molecule has 0 aromatic carbocycles. The lowest BCUT2D eigenvalue weighted by Gasteiger charge is -2.19. The summed E-state index contributed by atoms with van der Waals surface area (Å²) in [6, 6.07) is -1.45. The number of amides is 1. The molecule has 0 aliphatic rings. The molecule has 0 aromatic rings.